The van der Waals surface area contributed by atoms with Crippen molar-refractivity contribution in [3.8, 4) is 0 Å². The van der Waals surface area contributed by atoms with Gasteiger partial charge < -0.3 is 9.26 Å². The van der Waals surface area contributed by atoms with Crippen LogP contribution in [0.5, 0.6) is 0 Å². The Bertz CT molecular complexity index is 570. The number of morpholine rings is 1. The number of aromatic nitrogens is 2. The van der Waals surface area contributed by atoms with Gasteiger partial charge >= 0.3 is 0 Å². The third-order valence-electron chi connectivity index (χ3n) is 3.32. The highest BCUT2D eigenvalue weighted by Gasteiger charge is 2.23. The maximum Gasteiger partial charge on any atom is 0.240 e. The molecule has 1 saturated heterocycles. The fraction of sp³-hybridized carbons (Fsp3) is 0.429. The Morgan fingerprint density at radius 1 is 1.35 bits per heavy atom. The molecule has 1 aromatic heterocycles. The second kappa shape index (κ2) is 5.68. The Hall–Kier alpha value is -1.79. The first-order chi connectivity index (χ1) is 9.70. The molecular formula is C14H16FN3O2. The third kappa shape index (κ3) is 3.02. The fourth-order valence-corrected chi connectivity index (χ4v) is 2.32. The van der Waals surface area contributed by atoms with Gasteiger partial charge in [-0.05, 0) is 24.6 Å². The number of aryl methyl sites for hydroxylation is 1. The molecule has 0 unspecified atom stereocenters. The van der Waals surface area contributed by atoms with Crippen molar-refractivity contribution in [2.24, 2.45) is 0 Å². The summed E-state index contributed by atoms with van der Waals surface area (Å²) in [6, 6.07) is 6.44. The van der Waals surface area contributed by atoms with Gasteiger partial charge in [0.2, 0.25) is 5.89 Å². The lowest BCUT2D eigenvalue weighted by molar-refractivity contribution is -0.0356. The Labute approximate surface area is 116 Å². The topological polar surface area (TPSA) is 51.4 Å². The lowest BCUT2D eigenvalue weighted by atomic mass is 10.1. The molecule has 2 aromatic rings. The van der Waals surface area contributed by atoms with E-state index in [1.165, 1.54) is 12.1 Å². The fourth-order valence-electron chi connectivity index (χ4n) is 2.32. The predicted molar refractivity (Wildman–Crippen MR) is 69.4 cm³/mol. The van der Waals surface area contributed by atoms with E-state index in [1.807, 2.05) is 0 Å². The molecule has 0 saturated carbocycles. The van der Waals surface area contributed by atoms with Crippen molar-refractivity contribution in [3.63, 3.8) is 0 Å². The normalized spacial score (nSPS) is 20.2. The Morgan fingerprint density at radius 2 is 2.15 bits per heavy atom. The summed E-state index contributed by atoms with van der Waals surface area (Å²) in [5, 5.41) is 3.78. The van der Waals surface area contributed by atoms with E-state index < -0.39 is 0 Å². The summed E-state index contributed by atoms with van der Waals surface area (Å²) in [7, 11) is 0. The Balaban J connectivity index is 1.65. The summed E-state index contributed by atoms with van der Waals surface area (Å²) < 4.78 is 23.8. The molecular weight excluding hydrogens is 261 g/mol. The molecule has 0 radical (unpaired) electrons. The van der Waals surface area contributed by atoms with E-state index in [0.717, 1.165) is 18.7 Å². The van der Waals surface area contributed by atoms with E-state index >= 15 is 0 Å². The molecule has 2 heterocycles. The van der Waals surface area contributed by atoms with E-state index in [0.29, 0.717) is 24.9 Å². The highest BCUT2D eigenvalue weighted by atomic mass is 19.1. The number of benzene rings is 1. The Morgan fingerprint density at radius 3 is 2.85 bits per heavy atom. The van der Waals surface area contributed by atoms with Crippen molar-refractivity contribution in [2.45, 2.75) is 19.6 Å². The van der Waals surface area contributed by atoms with Crippen LogP contribution in [0.15, 0.2) is 28.8 Å². The second-order valence-electron chi connectivity index (χ2n) is 4.88. The molecule has 1 aliphatic rings. The summed E-state index contributed by atoms with van der Waals surface area (Å²) in [5.41, 5.74) is 0.984. The summed E-state index contributed by atoms with van der Waals surface area (Å²) >= 11 is 0. The molecule has 0 bridgehead atoms. The number of nitrogens with zero attached hydrogens (tertiary/aromatic N) is 3. The van der Waals surface area contributed by atoms with Gasteiger partial charge in [-0.25, -0.2) is 4.39 Å². The van der Waals surface area contributed by atoms with Crippen molar-refractivity contribution in [3.05, 3.63) is 47.4 Å². The average Bonchev–Trinajstić information content (AvgIpc) is 2.85. The molecule has 1 aromatic carbocycles. The predicted octanol–water partition coefficient (Wildman–Crippen LogP) is 2.09. The lowest BCUT2D eigenvalue weighted by Gasteiger charge is -2.32. The van der Waals surface area contributed by atoms with Crippen LogP contribution in [0.1, 0.15) is 23.4 Å². The standard InChI is InChI=1S/C14H16FN3O2/c1-10-16-14(20-17-10)9-18-6-7-19-13(8-18)11-2-4-12(15)5-3-11/h2-5,13H,6-9H2,1H3/t13-/m0/s1. The number of hydrogen-bond acceptors (Lipinski definition) is 5. The van der Waals surface area contributed by atoms with Gasteiger partial charge in [0, 0.05) is 13.1 Å². The van der Waals surface area contributed by atoms with Gasteiger partial charge in [-0.3, -0.25) is 4.90 Å². The molecule has 6 heteroatoms. The first-order valence-corrected chi connectivity index (χ1v) is 6.59. The average molecular weight is 277 g/mol. The van der Waals surface area contributed by atoms with Crippen LogP contribution in [0, 0.1) is 12.7 Å². The van der Waals surface area contributed by atoms with Crippen LogP contribution in [0.25, 0.3) is 0 Å². The third-order valence-corrected chi connectivity index (χ3v) is 3.32. The zero-order chi connectivity index (χ0) is 13.9. The largest absolute Gasteiger partial charge is 0.371 e. The zero-order valence-corrected chi connectivity index (χ0v) is 11.3. The van der Waals surface area contributed by atoms with Gasteiger partial charge in [0.25, 0.3) is 0 Å². The summed E-state index contributed by atoms with van der Waals surface area (Å²) in [6.45, 7) is 4.59. The minimum absolute atomic E-state index is 0.0478. The van der Waals surface area contributed by atoms with Gasteiger partial charge in [-0.1, -0.05) is 17.3 Å². The molecule has 0 aliphatic carbocycles. The van der Waals surface area contributed by atoms with Gasteiger partial charge in [-0.2, -0.15) is 4.98 Å². The smallest absolute Gasteiger partial charge is 0.240 e. The molecule has 106 valence electrons. The molecule has 3 rings (SSSR count). The number of halogens is 1. The van der Waals surface area contributed by atoms with Crippen LogP contribution in [0.2, 0.25) is 0 Å². The van der Waals surface area contributed by atoms with Crippen molar-refractivity contribution < 1.29 is 13.7 Å². The number of hydrogen-bond donors (Lipinski definition) is 0. The maximum absolute atomic E-state index is 12.9. The van der Waals surface area contributed by atoms with Crippen LogP contribution in [-0.4, -0.2) is 34.7 Å². The summed E-state index contributed by atoms with van der Waals surface area (Å²) in [6.07, 6.45) is -0.0478. The van der Waals surface area contributed by atoms with Crippen molar-refractivity contribution in [1.82, 2.24) is 15.0 Å². The minimum Gasteiger partial charge on any atom is -0.371 e. The SMILES string of the molecule is Cc1noc(CN2CCO[C@H](c3ccc(F)cc3)C2)n1. The van der Waals surface area contributed by atoms with Crippen molar-refractivity contribution >= 4 is 0 Å². The van der Waals surface area contributed by atoms with Crippen molar-refractivity contribution in [2.75, 3.05) is 19.7 Å². The van der Waals surface area contributed by atoms with Gasteiger partial charge in [0.1, 0.15) is 5.82 Å². The van der Waals surface area contributed by atoms with Crippen LogP contribution >= 0.6 is 0 Å². The van der Waals surface area contributed by atoms with E-state index in [-0.39, 0.29) is 11.9 Å². The monoisotopic (exact) mass is 277 g/mol. The van der Waals surface area contributed by atoms with Gasteiger partial charge in [0.15, 0.2) is 5.82 Å². The number of rotatable bonds is 3. The first-order valence-electron chi connectivity index (χ1n) is 6.59. The molecule has 20 heavy (non-hydrogen) atoms. The molecule has 1 fully saturated rings. The minimum atomic E-state index is -0.234. The van der Waals surface area contributed by atoms with Crippen LogP contribution in [-0.2, 0) is 11.3 Å². The molecule has 1 atom stereocenters. The molecule has 0 N–H and O–H groups in total. The van der Waals surface area contributed by atoms with Gasteiger partial charge in [0.05, 0.1) is 19.3 Å². The van der Waals surface area contributed by atoms with E-state index in [2.05, 4.69) is 15.0 Å². The highest BCUT2D eigenvalue weighted by molar-refractivity contribution is 5.19. The van der Waals surface area contributed by atoms with Crippen LogP contribution in [0.3, 0.4) is 0 Å². The molecule has 5 nitrogen and oxygen atoms in total. The van der Waals surface area contributed by atoms with Crippen LogP contribution in [0.4, 0.5) is 4.39 Å². The highest BCUT2D eigenvalue weighted by Crippen LogP contribution is 2.23. The summed E-state index contributed by atoms with van der Waals surface area (Å²) in [4.78, 5) is 6.40. The Kier molecular flexibility index (Phi) is 3.75. The lowest BCUT2D eigenvalue weighted by Crippen LogP contribution is -2.37. The zero-order valence-electron chi connectivity index (χ0n) is 11.3. The summed E-state index contributed by atoms with van der Waals surface area (Å²) in [5.74, 6) is 1.02. The van der Waals surface area contributed by atoms with E-state index in [1.54, 1.807) is 19.1 Å². The molecule has 0 spiro atoms. The van der Waals surface area contributed by atoms with Gasteiger partial charge in [-0.15, -0.1) is 0 Å². The first kappa shape index (κ1) is 13.2. The quantitative estimate of drug-likeness (QED) is 0.860. The molecule has 1 aliphatic heterocycles. The van der Waals surface area contributed by atoms with E-state index in [9.17, 15) is 4.39 Å². The van der Waals surface area contributed by atoms with Crippen LogP contribution < -0.4 is 0 Å². The maximum atomic E-state index is 12.9. The number of ether oxygens (including phenoxy) is 1. The second-order valence-corrected chi connectivity index (χ2v) is 4.88. The molecule has 0 amide bonds. The van der Waals surface area contributed by atoms with Crippen molar-refractivity contribution in [1.29, 1.82) is 0 Å². The van der Waals surface area contributed by atoms with E-state index in [4.69, 9.17) is 9.26 Å².